The van der Waals surface area contributed by atoms with E-state index in [-0.39, 0.29) is 11.8 Å². The lowest BCUT2D eigenvalue weighted by Crippen LogP contribution is -2.53. The van der Waals surface area contributed by atoms with E-state index in [2.05, 4.69) is 48.3 Å². The van der Waals surface area contributed by atoms with Crippen LogP contribution in [0.5, 0.6) is 5.75 Å². The van der Waals surface area contributed by atoms with Gasteiger partial charge in [0, 0.05) is 26.2 Å². The first-order valence-electron chi connectivity index (χ1n) is 9.32. The predicted molar refractivity (Wildman–Crippen MR) is 95.9 cm³/mol. The summed E-state index contributed by atoms with van der Waals surface area (Å²) in [5, 5.41) is 3.08. The zero-order valence-corrected chi connectivity index (χ0v) is 15.0. The van der Waals surface area contributed by atoms with Crippen LogP contribution in [0.1, 0.15) is 38.7 Å². The summed E-state index contributed by atoms with van der Waals surface area (Å²) in [5.74, 6) is 2.80. The minimum Gasteiger partial charge on any atom is -0.494 e. The lowest BCUT2D eigenvalue weighted by atomic mass is 9.98. The number of ether oxygens (including phenoxy) is 1. The molecule has 0 spiro atoms. The average molecular weight is 330 g/mol. The summed E-state index contributed by atoms with van der Waals surface area (Å²) in [6.45, 7) is 8.75. The largest absolute Gasteiger partial charge is 0.494 e. The molecular weight excluding hydrogens is 300 g/mol. The van der Waals surface area contributed by atoms with Crippen molar-refractivity contribution in [2.45, 2.75) is 39.7 Å². The minimum absolute atomic E-state index is 0.183. The number of amides is 1. The van der Waals surface area contributed by atoms with Crippen molar-refractivity contribution in [1.29, 1.82) is 0 Å². The predicted octanol–water partition coefficient (Wildman–Crippen LogP) is 3.07. The highest BCUT2D eigenvalue weighted by Gasteiger charge is 2.33. The Morgan fingerprint density at radius 3 is 2.58 bits per heavy atom. The molecule has 0 bridgehead atoms. The van der Waals surface area contributed by atoms with Gasteiger partial charge in [0.25, 0.3) is 0 Å². The number of nitrogens with zero attached hydrogens (tertiary/aromatic N) is 1. The van der Waals surface area contributed by atoms with E-state index in [0.717, 1.165) is 50.9 Å². The van der Waals surface area contributed by atoms with Gasteiger partial charge in [0.1, 0.15) is 5.75 Å². The molecule has 4 heteroatoms. The Hall–Kier alpha value is -1.55. The van der Waals surface area contributed by atoms with Crippen molar-refractivity contribution in [3.63, 3.8) is 0 Å². The summed E-state index contributed by atoms with van der Waals surface area (Å²) in [6.07, 6.45) is 3.65. The van der Waals surface area contributed by atoms with Crippen LogP contribution in [0.3, 0.4) is 0 Å². The number of hydrogen-bond donors (Lipinski definition) is 1. The molecule has 4 nitrogen and oxygen atoms in total. The smallest absolute Gasteiger partial charge is 0.225 e. The van der Waals surface area contributed by atoms with Crippen LogP contribution in [0.15, 0.2) is 24.3 Å². The van der Waals surface area contributed by atoms with Gasteiger partial charge in [-0.2, -0.15) is 0 Å². The third kappa shape index (κ3) is 5.23. The van der Waals surface area contributed by atoms with Crippen LogP contribution in [-0.2, 0) is 11.3 Å². The van der Waals surface area contributed by atoms with E-state index in [0.29, 0.717) is 5.92 Å². The topological polar surface area (TPSA) is 41.6 Å². The van der Waals surface area contributed by atoms with Gasteiger partial charge in [-0.25, -0.2) is 0 Å². The molecular formula is C20H30N2O2. The van der Waals surface area contributed by atoms with Crippen molar-refractivity contribution in [1.82, 2.24) is 10.2 Å². The van der Waals surface area contributed by atoms with Gasteiger partial charge in [0.15, 0.2) is 0 Å². The molecule has 132 valence electrons. The fraction of sp³-hybridized carbons (Fsp3) is 0.650. The Balaban J connectivity index is 1.34. The second-order valence-electron chi connectivity index (χ2n) is 7.75. The van der Waals surface area contributed by atoms with Crippen molar-refractivity contribution >= 4 is 5.91 Å². The molecule has 2 fully saturated rings. The SMILES string of the molecule is CC(C)CCOc1ccc(CN2CC(C(=O)NCC3CC3)C2)cc1. The third-order valence-corrected chi connectivity index (χ3v) is 4.88. The number of nitrogens with one attached hydrogen (secondary N) is 1. The van der Waals surface area contributed by atoms with Crippen molar-refractivity contribution in [2.24, 2.45) is 17.8 Å². The summed E-state index contributed by atoms with van der Waals surface area (Å²) < 4.78 is 5.75. The van der Waals surface area contributed by atoms with E-state index in [4.69, 9.17) is 4.74 Å². The molecule has 0 radical (unpaired) electrons. The first-order chi connectivity index (χ1) is 11.6. The highest BCUT2D eigenvalue weighted by Crippen LogP contribution is 2.28. The van der Waals surface area contributed by atoms with Gasteiger partial charge < -0.3 is 10.1 Å². The molecule has 2 aliphatic rings. The van der Waals surface area contributed by atoms with Crippen LogP contribution in [0.4, 0.5) is 0 Å². The molecule has 0 unspecified atom stereocenters. The Bertz CT molecular complexity index is 531. The summed E-state index contributed by atoms with van der Waals surface area (Å²) in [6, 6.07) is 8.36. The molecule has 3 rings (SSSR count). The van der Waals surface area contributed by atoms with E-state index in [1.54, 1.807) is 0 Å². The number of likely N-dealkylation sites (tertiary alicyclic amines) is 1. The van der Waals surface area contributed by atoms with Gasteiger partial charge in [0.2, 0.25) is 5.91 Å². The normalized spacial score (nSPS) is 18.5. The zero-order valence-electron chi connectivity index (χ0n) is 15.0. The molecule has 0 aromatic heterocycles. The van der Waals surface area contributed by atoms with E-state index >= 15 is 0 Å². The molecule has 1 amide bonds. The lowest BCUT2D eigenvalue weighted by Gasteiger charge is -2.38. The van der Waals surface area contributed by atoms with Gasteiger partial charge in [0.05, 0.1) is 12.5 Å². The highest BCUT2D eigenvalue weighted by molar-refractivity contribution is 5.80. The minimum atomic E-state index is 0.183. The van der Waals surface area contributed by atoms with E-state index in [1.165, 1.54) is 18.4 Å². The molecule has 0 atom stereocenters. The zero-order chi connectivity index (χ0) is 16.9. The fourth-order valence-corrected chi connectivity index (χ4v) is 2.94. The number of hydrogen-bond acceptors (Lipinski definition) is 3. The molecule has 1 aliphatic carbocycles. The molecule has 24 heavy (non-hydrogen) atoms. The molecule has 1 aliphatic heterocycles. The van der Waals surface area contributed by atoms with Crippen LogP contribution < -0.4 is 10.1 Å². The fourth-order valence-electron chi connectivity index (χ4n) is 2.94. The van der Waals surface area contributed by atoms with Gasteiger partial charge in [-0.05, 0) is 48.8 Å². The lowest BCUT2D eigenvalue weighted by molar-refractivity contribution is -0.130. The van der Waals surface area contributed by atoms with Gasteiger partial charge in [-0.1, -0.05) is 26.0 Å². The third-order valence-electron chi connectivity index (χ3n) is 4.88. The molecule has 1 aromatic carbocycles. The maximum absolute atomic E-state index is 12.0. The highest BCUT2D eigenvalue weighted by atomic mass is 16.5. The quantitative estimate of drug-likeness (QED) is 0.756. The van der Waals surface area contributed by atoms with E-state index in [9.17, 15) is 4.79 Å². The van der Waals surface area contributed by atoms with Gasteiger partial charge >= 0.3 is 0 Å². The number of carbonyl (C=O) groups excluding carboxylic acids is 1. The summed E-state index contributed by atoms with van der Waals surface area (Å²) in [5.41, 5.74) is 1.28. The molecule has 1 N–H and O–H groups in total. The van der Waals surface area contributed by atoms with Gasteiger partial charge in [-0.3, -0.25) is 9.69 Å². The van der Waals surface area contributed by atoms with Crippen LogP contribution in [0.25, 0.3) is 0 Å². The van der Waals surface area contributed by atoms with Crippen molar-refractivity contribution < 1.29 is 9.53 Å². The van der Waals surface area contributed by atoms with Crippen molar-refractivity contribution in [2.75, 3.05) is 26.2 Å². The molecule has 1 saturated carbocycles. The van der Waals surface area contributed by atoms with Crippen LogP contribution >= 0.6 is 0 Å². The second-order valence-corrected chi connectivity index (χ2v) is 7.75. The summed E-state index contributed by atoms with van der Waals surface area (Å²) >= 11 is 0. The monoisotopic (exact) mass is 330 g/mol. The standard InChI is InChI=1S/C20H30N2O2/c1-15(2)9-10-24-19-7-5-17(6-8-19)12-22-13-18(14-22)20(23)21-11-16-3-4-16/h5-8,15-16,18H,3-4,9-14H2,1-2H3,(H,21,23). The first-order valence-corrected chi connectivity index (χ1v) is 9.32. The Morgan fingerprint density at radius 2 is 1.96 bits per heavy atom. The first kappa shape index (κ1) is 17.3. The molecule has 1 saturated heterocycles. The number of carbonyl (C=O) groups is 1. The van der Waals surface area contributed by atoms with E-state index in [1.807, 2.05) is 0 Å². The summed E-state index contributed by atoms with van der Waals surface area (Å²) in [4.78, 5) is 14.3. The van der Waals surface area contributed by atoms with Crippen molar-refractivity contribution in [3.05, 3.63) is 29.8 Å². The van der Waals surface area contributed by atoms with Crippen LogP contribution in [0.2, 0.25) is 0 Å². The van der Waals surface area contributed by atoms with Gasteiger partial charge in [-0.15, -0.1) is 0 Å². The Kier molecular flexibility index (Phi) is 5.77. The number of benzene rings is 1. The van der Waals surface area contributed by atoms with Crippen molar-refractivity contribution in [3.8, 4) is 5.75 Å². The maximum Gasteiger partial charge on any atom is 0.225 e. The summed E-state index contributed by atoms with van der Waals surface area (Å²) in [7, 11) is 0. The molecule has 1 heterocycles. The van der Waals surface area contributed by atoms with E-state index < -0.39 is 0 Å². The second kappa shape index (κ2) is 8.02. The van der Waals surface area contributed by atoms with Crippen LogP contribution in [0, 0.1) is 17.8 Å². The number of rotatable bonds is 9. The average Bonchev–Trinajstić information content (AvgIpc) is 3.33. The Morgan fingerprint density at radius 1 is 1.25 bits per heavy atom. The maximum atomic E-state index is 12.0. The molecule has 1 aromatic rings. The van der Waals surface area contributed by atoms with Crippen LogP contribution in [-0.4, -0.2) is 37.0 Å². The Labute approximate surface area is 145 Å².